The molecule has 4 nitrogen and oxygen atoms in total. The molecule has 0 aliphatic rings. The van der Waals surface area contributed by atoms with E-state index in [4.69, 9.17) is 10.2 Å². The van der Waals surface area contributed by atoms with Crippen molar-refractivity contribution in [3.63, 3.8) is 0 Å². The summed E-state index contributed by atoms with van der Waals surface area (Å²) in [4.78, 5) is 10.4. The Morgan fingerprint density at radius 1 is 1.29 bits per heavy atom. The van der Waals surface area contributed by atoms with E-state index in [1.54, 1.807) is 0 Å². The summed E-state index contributed by atoms with van der Waals surface area (Å²) in [5.41, 5.74) is -1.06. The van der Waals surface area contributed by atoms with E-state index in [1.165, 1.54) is 0 Å². The standard InChI is InChI=1S/C9H6F4O4/c10-3-1-4(11)6(7(14)8(15)16)5(2-3)17-9(12)13/h1-2,7,9,14H,(H,15,16). The molecule has 0 aliphatic carbocycles. The molecular weight excluding hydrogens is 248 g/mol. The molecule has 0 heterocycles. The molecule has 0 bridgehead atoms. The molecule has 2 N–H and O–H groups in total. The third kappa shape index (κ3) is 3.06. The molecule has 1 unspecified atom stereocenters. The van der Waals surface area contributed by atoms with Gasteiger partial charge in [0.15, 0.2) is 6.10 Å². The van der Waals surface area contributed by atoms with Crippen LogP contribution in [0.1, 0.15) is 11.7 Å². The summed E-state index contributed by atoms with van der Waals surface area (Å²) in [5.74, 6) is -5.67. The van der Waals surface area contributed by atoms with Crippen molar-refractivity contribution >= 4 is 5.97 Å². The van der Waals surface area contributed by atoms with Crippen LogP contribution in [0.25, 0.3) is 0 Å². The molecule has 0 spiro atoms. The lowest BCUT2D eigenvalue weighted by atomic mass is 10.1. The van der Waals surface area contributed by atoms with Crippen LogP contribution in [0.2, 0.25) is 0 Å². The second-order valence-electron chi connectivity index (χ2n) is 2.92. The fourth-order valence-corrected chi connectivity index (χ4v) is 1.14. The first-order chi connectivity index (χ1) is 7.82. The Kier molecular flexibility index (Phi) is 3.89. The molecule has 0 radical (unpaired) electrons. The van der Waals surface area contributed by atoms with Crippen molar-refractivity contribution in [2.75, 3.05) is 0 Å². The highest BCUT2D eigenvalue weighted by molar-refractivity contribution is 5.75. The number of aliphatic carboxylic acids is 1. The Morgan fingerprint density at radius 2 is 1.88 bits per heavy atom. The van der Waals surface area contributed by atoms with Crippen LogP contribution in [-0.4, -0.2) is 22.8 Å². The van der Waals surface area contributed by atoms with Gasteiger partial charge in [0, 0.05) is 12.1 Å². The quantitative estimate of drug-likeness (QED) is 0.802. The number of alkyl halides is 2. The molecule has 1 atom stereocenters. The van der Waals surface area contributed by atoms with Gasteiger partial charge in [-0.15, -0.1) is 0 Å². The van der Waals surface area contributed by atoms with Gasteiger partial charge in [-0.2, -0.15) is 8.78 Å². The largest absolute Gasteiger partial charge is 0.479 e. The number of ether oxygens (including phenoxy) is 1. The van der Waals surface area contributed by atoms with Crippen molar-refractivity contribution in [2.45, 2.75) is 12.7 Å². The van der Waals surface area contributed by atoms with Gasteiger partial charge >= 0.3 is 12.6 Å². The maximum Gasteiger partial charge on any atom is 0.387 e. The number of carbonyl (C=O) groups is 1. The number of rotatable bonds is 4. The van der Waals surface area contributed by atoms with Crippen LogP contribution in [0.15, 0.2) is 12.1 Å². The van der Waals surface area contributed by atoms with E-state index < -0.39 is 41.6 Å². The van der Waals surface area contributed by atoms with Crippen LogP contribution in [0.4, 0.5) is 17.6 Å². The number of aliphatic hydroxyl groups excluding tert-OH is 1. The summed E-state index contributed by atoms with van der Waals surface area (Å²) in [5, 5.41) is 17.5. The van der Waals surface area contributed by atoms with Crippen molar-refractivity contribution in [1.29, 1.82) is 0 Å². The molecule has 0 saturated carbocycles. The number of carboxylic acid groups (broad SMARTS) is 1. The van der Waals surface area contributed by atoms with Crippen molar-refractivity contribution in [3.05, 3.63) is 29.3 Å². The van der Waals surface area contributed by atoms with E-state index in [9.17, 15) is 22.4 Å². The molecule has 0 saturated heterocycles. The van der Waals surface area contributed by atoms with E-state index >= 15 is 0 Å². The van der Waals surface area contributed by atoms with Gasteiger partial charge in [-0.05, 0) is 0 Å². The summed E-state index contributed by atoms with van der Waals surface area (Å²) in [6.45, 7) is -3.41. The number of aliphatic hydroxyl groups is 1. The van der Waals surface area contributed by atoms with Gasteiger partial charge in [0.25, 0.3) is 0 Å². The zero-order chi connectivity index (χ0) is 13.2. The topological polar surface area (TPSA) is 66.8 Å². The highest BCUT2D eigenvalue weighted by Crippen LogP contribution is 2.30. The Labute approximate surface area is 92.1 Å². The molecule has 0 amide bonds. The molecule has 17 heavy (non-hydrogen) atoms. The predicted octanol–water partition coefficient (Wildman–Crippen LogP) is 1.68. The van der Waals surface area contributed by atoms with Gasteiger partial charge in [-0.25, -0.2) is 13.6 Å². The van der Waals surface area contributed by atoms with E-state index in [1.807, 2.05) is 0 Å². The van der Waals surface area contributed by atoms with Crippen molar-refractivity contribution in [2.24, 2.45) is 0 Å². The highest BCUT2D eigenvalue weighted by Gasteiger charge is 2.27. The maximum atomic E-state index is 13.2. The molecule has 1 aromatic rings. The third-order valence-electron chi connectivity index (χ3n) is 1.78. The maximum absolute atomic E-state index is 13.2. The summed E-state index contributed by atoms with van der Waals surface area (Å²) >= 11 is 0. The molecule has 0 aliphatic heterocycles. The molecule has 1 aromatic carbocycles. The summed E-state index contributed by atoms with van der Waals surface area (Å²) in [7, 11) is 0. The van der Waals surface area contributed by atoms with E-state index in [0.717, 1.165) is 0 Å². The zero-order valence-corrected chi connectivity index (χ0v) is 8.03. The predicted molar refractivity (Wildman–Crippen MR) is 45.6 cm³/mol. The SMILES string of the molecule is O=C(O)C(O)c1c(F)cc(F)cc1OC(F)F. The van der Waals surface area contributed by atoms with Crippen LogP contribution in [-0.2, 0) is 4.79 Å². The van der Waals surface area contributed by atoms with Gasteiger partial charge in [0.05, 0.1) is 5.56 Å². The van der Waals surface area contributed by atoms with E-state index in [-0.39, 0.29) is 6.07 Å². The minimum absolute atomic E-state index is 0.250. The zero-order valence-electron chi connectivity index (χ0n) is 8.03. The van der Waals surface area contributed by atoms with Gasteiger partial charge in [0.1, 0.15) is 17.4 Å². The smallest absolute Gasteiger partial charge is 0.387 e. The second-order valence-corrected chi connectivity index (χ2v) is 2.92. The lowest BCUT2D eigenvalue weighted by Gasteiger charge is -2.13. The van der Waals surface area contributed by atoms with Gasteiger partial charge in [0.2, 0.25) is 0 Å². The Balaban J connectivity index is 3.29. The van der Waals surface area contributed by atoms with Crippen molar-refractivity contribution in [3.8, 4) is 5.75 Å². The summed E-state index contributed by atoms with van der Waals surface area (Å²) in [6, 6.07) is 0.608. The number of hydrogen-bond donors (Lipinski definition) is 2. The number of hydrogen-bond acceptors (Lipinski definition) is 3. The lowest BCUT2D eigenvalue weighted by molar-refractivity contribution is -0.147. The fraction of sp³-hybridized carbons (Fsp3) is 0.222. The first-order valence-electron chi connectivity index (χ1n) is 4.17. The van der Waals surface area contributed by atoms with Crippen LogP contribution < -0.4 is 4.74 Å². The first-order valence-corrected chi connectivity index (χ1v) is 4.17. The minimum atomic E-state index is -3.41. The van der Waals surface area contributed by atoms with E-state index in [0.29, 0.717) is 6.07 Å². The summed E-state index contributed by atoms with van der Waals surface area (Å²) < 4.78 is 53.5. The molecule has 0 fully saturated rings. The average molecular weight is 254 g/mol. The van der Waals surface area contributed by atoms with Crippen LogP contribution in [0.3, 0.4) is 0 Å². The summed E-state index contributed by atoms with van der Waals surface area (Å²) in [6.07, 6.45) is -2.43. The van der Waals surface area contributed by atoms with Gasteiger partial charge in [-0.3, -0.25) is 0 Å². The van der Waals surface area contributed by atoms with Crippen LogP contribution in [0, 0.1) is 11.6 Å². The number of benzene rings is 1. The average Bonchev–Trinajstić information content (AvgIpc) is 2.14. The van der Waals surface area contributed by atoms with Crippen molar-refractivity contribution < 1.29 is 37.3 Å². The number of halogens is 4. The fourth-order valence-electron chi connectivity index (χ4n) is 1.14. The second kappa shape index (κ2) is 5.00. The van der Waals surface area contributed by atoms with Crippen molar-refractivity contribution in [1.82, 2.24) is 0 Å². The third-order valence-corrected chi connectivity index (χ3v) is 1.78. The lowest BCUT2D eigenvalue weighted by Crippen LogP contribution is -2.15. The van der Waals surface area contributed by atoms with E-state index in [2.05, 4.69) is 4.74 Å². The molecule has 8 heteroatoms. The minimum Gasteiger partial charge on any atom is -0.479 e. The van der Waals surface area contributed by atoms with Crippen LogP contribution >= 0.6 is 0 Å². The van der Waals surface area contributed by atoms with Gasteiger partial charge < -0.3 is 14.9 Å². The molecule has 0 aromatic heterocycles. The van der Waals surface area contributed by atoms with Gasteiger partial charge in [-0.1, -0.05) is 0 Å². The monoisotopic (exact) mass is 254 g/mol. The normalized spacial score (nSPS) is 12.6. The Bertz CT molecular complexity index is 435. The Hall–Kier alpha value is -1.83. The molecular formula is C9H6F4O4. The number of carboxylic acids is 1. The molecule has 94 valence electrons. The van der Waals surface area contributed by atoms with Crippen LogP contribution in [0.5, 0.6) is 5.75 Å². The highest BCUT2D eigenvalue weighted by atomic mass is 19.3. The Morgan fingerprint density at radius 3 is 2.35 bits per heavy atom. The molecule has 1 rings (SSSR count). The first kappa shape index (κ1) is 13.2.